The SMILES string of the molecule is CSc1c(C)cc(OC(=O)N(C)SN(C)C(=O)OCCOCCOC(=O)N(C)SN(C)C(=O)Oc2cc(C)c(SC)c(C)c2)cc1C. The summed E-state index contributed by atoms with van der Waals surface area (Å²) in [7, 11) is 5.86. The van der Waals surface area contributed by atoms with Gasteiger partial charge in [-0.25, -0.2) is 36.4 Å². The fraction of sp³-hybridized carbons (Fsp3) is 0.467. The number of rotatable bonds is 14. The van der Waals surface area contributed by atoms with Gasteiger partial charge in [0.15, 0.2) is 0 Å². The number of carbonyl (C=O) groups excluding carboxylic acids is 4. The summed E-state index contributed by atoms with van der Waals surface area (Å²) in [5.74, 6) is 0.832. The van der Waals surface area contributed by atoms with Gasteiger partial charge in [-0.15, -0.1) is 23.5 Å². The zero-order valence-electron chi connectivity index (χ0n) is 28.2. The average molecular weight is 731 g/mol. The van der Waals surface area contributed by atoms with E-state index < -0.39 is 24.4 Å². The van der Waals surface area contributed by atoms with Gasteiger partial charge in [0.25, 0.3) is 0 Å². The van der Waals surface area contributed by atoms with Crippen molar-refractivity contribution in [1.29, 1.82) is 0 Å². The molecule has 0 N–H and O–H groups in total. The monoisotopic (exact) mass is 730 g/mol. The molecular formula is C30H42N4O9S4. The highest BCUT2D eigenvalue weighted by Crippen LogP contribution is 2.30. The topological polar surface area (TPSA) is 127 Å². The Kier molecular flexibility index (Phi) is 16.7. The molecule has 0 unspecified atom stereocenters. The summed E-state index contributed by atoms with van der Waals surface area (Å²) in [5.41, 5.74) is 4.02. The zero-order valence-corrected chi connectivity index (χ0v) is 31.5. The highest BCUT2D eigenvalue weighted by atomic mass is 32.2. The van der Waals surface area contributed by atoms with Crippen LogP contribution in [0.5, 0.6) is 11.5 Å². The fourth-order valence-corrected chi connectivity index (χ4v) is 6.78. The summed E-state index contributed by atoms with van der Waals surface area (Å²) in [6.07, 6.45) is 1.29. The van der Waals surface area contributed by atoms with Crippen molar-refractivity contribution in [1.82, 2.24) is 17.2 Å². The van der Waals surface area contributed by atoms with Crippen molar-refractivity contribution in [2.45, 2.75) is 37.5 Å². The summed E-state index contributed by atoms with van der Waals surface area (Å²) < 4.78 is 31.2. The molecule has 0 aliphatic carbocycles. The van der Waals surface area contributed by atoms with E-state index in [-0.39, 0.29) is 26.4 Å². The van der Waals surface area contributed by atoms with E-state index in [1.807, 2.05) is 40.2 Å². The summed E-state index contributed by atoms with van der Waals surface area (Å²) in [4.78, 5) is 51.9. The van der Waals surface area contributed by atoms with Crippen LogP contribution in [0.15, 0.2) is 34.1 Å². The number of thioether (sulfide) groups is 2. The molecule has 0 saturated heterocycles. The number of carbonyl (C=O) groups is 4. The van der Waals surface area contributed by atoms with Crippen LogP contribution in [0.2, 0.25) is 0 Å². The van der Waals surface area contributed by atoms with E-state index in [1.165, 1.54) is 36.8 Å². The van der Waals surface area contributed by atoms with Crippen LogP contribution in [-0.2, 0) is 14.2 Å². The van der Waals surface area contributed by atoms with Gasteiger partial charge in [-0.2, -0.15) is 0 Å². The third kappa shape index (κ3) is 12.8. The molecule has 13 nitrogen and oxygen atoms in total. The highest BCUT2D eigenvalue weighted by Gasteiger charge is 2.21. The minimum absolute atomic E-state index is 0.0560. The van der Waals surface area contributed by atoms with Gasteiger partial charge in [0, 0.05) is 38.0 Å². The molecule has 0 radical (unpaired) electrons. The molecule has 17 heteroatoms. The van der Waals surface area contributed by atoms with Gasteiger partial charge in [-0.05, 0) is 86.7 Å². The molecule has 47 heavy (non-hydrogen) atoms. The minimum Gasteiger partial charge on any atom is -0.446 e. The number of benzene rings is 2. The van der Waals surface area contributed by atoms with Gasteiger partial charge >= 0.3 is 24.4 Å². The van der Waals surface area contributed by atoms with Gasteiger partial charge in [0.05, 0.1) is 37.5 Å². The first-order valence-corrected chi connectivity index (χ1v) is 18.1. The number of ether oxygens (including phenoxy) is 5. The van der Waals surface area contributed by atoms with Crippen LogP contribution in [0.3, 0.4) is 0 Å². The zero-order chi connectivity index (χ0) is 35.3. The molecule has 260 valence electrons. The summed E-state index contributed by atoms with van der Waals surface area (Å²) >= 11 is 4.88. The Hall–Kier alpha value is -3.12. The molecule has 0 saturated carbocycles. The molecular weight excluding hydrogens is 689 g/mol. The van der Waals surface area contributed by atoms with E-state index in [2.05, 4.69) is 0 Å². The van der Waals surface area contributed by atoms with Crippen molar-refractivity contribution in [2.75, 3.05) is 67.1 Å². The van der Waals surface area contributed by atoms with Crippen molar-refractivity contribution in [3.63, 3.8) is 0 Å². The van der Waals surface area contributed by atoms with E-state index in [1.54, 1.807) is 47.8 Å². The Bertz CT molecular complexity index is 1270. The normalized spacial score (nSPS) is 10.6. The quantitative estimate of drug-likeness (QED) is 0.111. The van der Waals surface area contributed by atoms with Crippen LogP contribution >= 0.6 is 47.8 Å². The minimum atomic E-state index is -0.691. The molecule has 2 aromatic rings. The predicted octanol–water partition coefficient (Wildman–Crippen LogP) is 7.21. The first kappa shape index (κ1) is 40.1. The van der Waals surface area contributed by atoms with Crippen LogP contribution in [0.1, 0.15) is 22.3 Å². The smallest absolute Gasteiger partial charge is 0.426 e. The lowest BCUT2D eigenvalue weighted by Gasteiger charge is -2.22. The van der Waals surface area contributed by atoms with Crippen LogP contribution in [0.25, 0.3) is 0 Å². The van der Waals surface area contributed by atoms with E-state index in [0.29, 0.717) is 11.5 Å². The van der Waals surface area contributed by atoms with Crippen LogP contribution in [0.4, 0.5) is 19.2 Å². The predicted molar refractivity (Wildman–Crippen MR) is 187 cm³/mol. The Morgan fingerprint density at radius 3 is 1.13 bits per heavy atom. The summed E-state index contributed by atoms with van der Waals surface area (Å²) in [6.45, 7) is 7.78. The molecule has 0 aliphatic heterocycles. The number of hydrogen-bond acceptors (Lipinski definition) is 13. The van der Waals surface area contributed by atoms with Crippen molar-refractivity contribution in [3.8, 4) is 11.5 Å². The van der Waals surface area contributed by atoms with Gasteiger partial charge in [-0.1, -0.05) is 0 Å². The fourth-order valence-electron chi connectivity index (χ4n) is 4.07. The summed E-state index contributed by atoms with van der Waals surface area (Å²) in [6, 6.07) is 7.16. The maximum Gasteiger partial charge on any atom is 0.426 e. The Morgan fingerprint density at radius 1 is 0.532 bits per heavy atom. The second-order valence-corrected chi connectivity index (χ2v) is 14.1. The Balaban J connectivity index is 1.62. The molecule has 2 rings (SSSR count). The first-order valence-electron chi connectivity index (χ1n) is 14.1. The standard InChI is InChI=1S/C30H42N4O9S4/c1-19-15-23(16-20(2)25(19)44-9)42-29(37)33(7)46-31(5)27(35)40-13-11-39-12-14-41-28(36)32(6)47-34(8)30(38)43-24-17-21(3)26(45-10)22(4)18-24/h15-18H,11-14H2,1-10H3. The number of hydrogen-bond donors (Lipinski definition) is 0. The Morgan fingerprint density at radius 2 is 0.830 bits per heavy atom. The van der Waals surface area contributed by atoms with Gasteiger partial charge in [-0.3, -0.25) is 0 Å². The lowest BCUT2D eigenvalue weighted by atomic mass is 10.1. The molecule has 0 aromatic heterocycles. The lowest BCUT2D eigenvalue weighted by molar-refractivity contribution is 0.0404. The van der Waals surface area contributed by atoms with Crippen molar-refractivity contribution in [3.05, 3.63) is 46.5 Å². The van der Waals surface area contributed by atoms with Crippen molar-refractivity contribution < 1.29 is 42.9 Å². The maximum atomic E-state index is 12.5. The molecule has 2 aromatic carbocycles. The second-order valence-electron chi connectivity index (χ2n) is 9.91. The second kappa shape index (κ2) is 19.6. The largest absolute Gasteiger partial charge is 0.446 e. The van der Waals surface area contributed by atoms with E-state index in [9.17, 15) is 19.2 Å². The number of aryl methyl sites for hydroxylation is 4. The van der Waals surface area contributed by atoms with E-state index >= 15 is 0 Å². The first-order chi connectivity index (χ1) is 22.2. The van der Waals surface area contributed by atoms with Gasteiger partial charge in [0.1, 0.15) is 24.7 Å². The molecule has 0 spiro atoms. The highest BCUT2D eigenvalue weighted by molar-refractivity contribution is 7.99. The Labute approximate surface area is 293 Å². The average Bonchev–Trinajstić information content (AvgIpc) is 2.99. The van der Waals surface area contributed by atoms with Crippen LogP contribution in [0, 0.1) is 27.7 Å². The van der Waals surface area contributed by atoms with Crippen molar-refractivity contribution in [2.24, 2.45) is 0 Å². The molecule has 0 fully saturated rings. The molecule has 0 heterocycles. The van der Waals surface area contributed by atoms with Crippen molar-refractivity contribution >= 4 is 72.2 Å². The molecule has 4 amide bonds. The third-order valence-electron chi connectivity index (χ3n) is 6.11. The van der Waals surface area contributed by atoms with Crippen LogP contribution in [-0.4, -0.2) is 109 Å². The number of nitrogens with zero attached hydrogens (tertiary/aromatic N) is 4. The number of amides is 4. The lowest BCUT2D eigenvalue weighted by Crippen LogP contribution is -2.32. The van der Waals surface area contributed by atoms with Crippen LogP contribution < -0.4 is 9.47 Å². The molecule has 0 bridgehead atoms. The van der Waals surface area contributed by atoms with Gasteiger partial charge in [0.2, 0.25) is 0 Å². The molecule has 0 atom stereocenters. The van der Waals surface area contributed by atoms with Gasteiger partial charge < -0.3 is 23.7 Å². The maximum absolute atomic E-state index is 12.5. The third-order valence-corrected chi connectivity index (χ3v) is 9.79. The summed E-state index contributed by atoms with van der Waals surface area (Å²) in [5, 5.41) is 0. The van der Waals surface area contributed by atoms with E-state index in [0.717, 1.165) is 64.9 Å². The molecule has 0 aliphatic rings. The van der Waals surface area contributed by atoms with E-state index in [4.69, 9.17) is 23.7 Å².